The average Bonchev–Trinajstić information content (AvgIpc) is 3.18. The topological polar surface area (TPSA) is 84.0 Å². The second-order valence-corrected chi connectivity index (χ2v) is 7.44. The van der Waals surface area contributed by atoms with Gasteiger partial charge < -0.3 is 9.12 Å². The molecule has 4 heterocycles. The number of rotatable bonds is 3. The van der Waals surface area contributed by atoms with Gasteiger partial charge in [0.15, 0.2) is 17.2 Å². The summed E-state index contributed by atoms with van der Waals surface area (Å²) in [4.78, 5) is 12.8. The van der Waals surface area contributed by atoms with E-state index in [0.29, 0.717) is 22.0 Å². The van der Waals surface area contributed by atoms with Crippen LogP contribution in [0.25, 0.3) is 28.3 Å². The number of hydrogen-bond acceptors (Lipinski definition) is 5. The van der Waals surface area contributed by atoms with Crippen LogP contribution < -0.4 is 0 Å². The van der Waals surface area contributed by atoms with Gasteiger partial charge in [-0.3, -0.25) is 0 Å². The fourth-order valence-electron chi connectivity index (χ4n) is 2.81. The molecule has 0 saturated carbocycles. The smallest absolute Gasteiger partial charge is 0.417 e. The van der Waals surface area contributed by atoms with E-state index in [1.165, 1.54) is 9.08 Å². The molecule has 27 heavy (non-hydrogen) atoms. The number of nitrogens with zero attached hydrogens (tertiary/aromatic N) is 6. The van der Waals surface area contributed by atoms with Crippen LogP contribution in [-0.2, 0) is 24.4 Å². The highest BCUT2D eigenvalue weighted by atomic mass is 32.2. The molecule has 4 aromatic rings. The van der Waals surface area contributed by atoms with Crippen LogP contribution in [0.15, 0.2) is 35.6 Å². The van der Waals surface area contributed by atoms with Gasteiger partial charge >= 0.3 is 6.18 Å². The van der Waals surface area contributed by atoms with Gasteiger partial charge in [0.25, 0.3) is 0 Å². The summed E-state index contributed by atoms with van der Waals surface area (Å²) >= 11 is -1.39. The normalized spacial score (nSPS) is 13.6. The summed E-state index contributed by atoms with van der Waals surface area (Å²) < 4.78 is 54.5. The summed E-state index contributed by atoms with van der Waals surface area (Å²) in [5.41, 5.74) is 0.206. The third kappa shape index (κ3) is 2.82. The van der Waals surface area contributed by atoms with E-state index < -0.39 is 22.9 Å². The number of aryl methyl sites for hydroxylation is 1. The maximum absolute atomic E-state index is 13.0. The minimum absolute atomic E-state index is 0.0839. The number of pyridine rings is 1. The minimum Gasteiger partial charge on any atom is -0.611 e. The third-order valence-corrected chi connectivity index (χ3v) is 5.45. The van der Waals surface area contributed by atoms with Crippen molar-refractivity contribution in [3.63, 3.8) is 0 Å². The molecule has 0 radical (unpaired) electrons. The molecule has 11 heteroatoms. The van der Waals surface area contributed by atoms with E-state index in [9.17, 15) is 17.7 Å². The fraction of sp³-hybridized carbons (Fsp3) is 0.250. The molecule has 0 amide bonds. The lowest BCUT2D eigenvalue weighted by Crippen LogP contribution is -2.07. The van der Waals surface area contributed by atoms with Crippen LogP contribution in [0.5, 0.6) is 0 Å². The fourth-order valence-corrected chi connectivity index (χ4v) is 3.80. The molecule has 0 fully saturated rings. The molecule has 0 spiro atoms. The Morgan fingerprint density at radius 1 is 1.22 bits per heavy atom. The summed E-state index contributed by atoms with van der Waals surface area (Å²) in [5, 5.41) is 4.41. The second-order valence-electron chi connectivity index (χ2n) is 5.76. The van der Waals surface area contributed by atoms with Gasteiger partial charge in [-0.25, -0.2) is 19.5 Å². The summed E-state index contributed by atoms with van der Waals surface area (Å²) in [5.74, 6) is 0.616. The molecule has 4 rings (SSSR count). The van der Waals surface area contributed by atoms with Crippen LogP contribution in [0.2, 0.25) is 0 Å². The van der Waals surface area contributed by atoms with Crippen molar-refractivity contribution in [1.29, 1.82) is 0 Å². The SMILES string of the molecule is CC[S+]([O-])c1c(-c2nc3cc(C(F)(F)F)cnc3n2C)nn2cccnc12. The minimum atomic E-state index is -4.51. The number of alkyl halides is 3. The molecule has 1 atom stereocenters. The standard InChI is InChI=1S/C16H13F3N6OS/c1-3-27(26)12-11(23-25-6-4-5-20-15(12)25)14-22-10-7-9(16(17,18)19)8-21-13(10)24(14)2/h4-8H,3H2,1-2H3. The van der Waals surface area contributed by atoms with Crippen molar-refractivity contribution in [2.45, 2.75) is 18.0 Å². The highest BCUT2D eigenvalue weighted by Gasteiger charge is 2.33. The highest BCUT2D eigenvalue weighted by Crippen LogP contribution is 2.33. The summed E-state index contributed by atoms with van der Waals surface area (Å²) in [6.45, 7) is 1.76. The zero-order valence-electron chi connectivity index (χ0n) is 14.2. The Hall–Kier alpha value is -2.66. The van der Waals surface area contributed by atoms with E-state index in [1.54, 1.807) is 32.4 Å². The molecule has 0 bridgehead atoms. The Bertz CT molecular complexity index is 1150. The van der Waals surface area contributed by atoms with Gasteiger partial charge in [0.2, 0.25) is 10.5 Å². The first-order valence-electron chi connectivity index (χ1n) is 7.93. The van der Waals surface area contributed by atoms with Crippen molar-refractivity contribution in [3.8, 4) is 11.5 Å². The van der Waals surface area contributed by atoms with Crippen molar-refractivity contribution in [2.75, 3.05) is 5.75 Å². The first-order chi connectivity index (χ1) is 12.8. The molecule has 7 nitrogen and oxygen atoms in total. The second kappa shape index (κ2) is 6.20. The zero-order valence-corrected chi connectivity index (χ0v) is 15.0. The Morgan fingerprint density at radius 3 is 2.70 bits per heavy atom. The largest absolute Gasteiger partial charge is 0.611 e. The Morgan fingerprint density at radius 2 is 2.00 bits per heavy atom. The van der Waals surface area contributed by atoms with Gasteiger partial charge in [-0.2, -0.15) is 18.3 Å². The van der Waals surface area contributed by atoms with Gasteiger partial charge in [0, 0.05) is 25.6 Å². The van der Waals surface area contributed by atoms with Crippen molar-refractivity contribution >= 4 is 28.0 Å². The van der Waals surface area contributed by atoms with Crippen molar-refractivity contribution in [3.05, 3.63) is 36.3 Å². The molecule has 0 aromatic carbocycles. The maximum Gasteiger partial charge on any atom is 0.417 e. The number of halogens is 3. The molecule has 4 aromatic heterocycles. The molecule has 1 unspecified atom stereocenters. The van der Waals surface area contributed by atoms with E-state index in [2.05, 4.69) is 20.1 Å². The molecular formula is C16H13F3N6OS. The van der Waals surface area contributed by atoms with E-state index >= 15 is 0 Å². The zero-order chi connectivity index (χ0) is 19.3. The van der Waals surface area contributed by atoms with Crippen molar-refractivity contribution in [2.24, 2.45) is 7.05 Å². The molecule has 0 aliphatic rings. The van der Waals surface area contributed by atoms with E-state index in [0.717, 1.165) is 12.3 Å². The third-order valence-electron chi connectivity index (χ3n) is 4.09. The molecule has 140 valence electrons. The average molecular weight is 394 g/mol. The van der Waals surface area contributed by atoms with Gasteiger partial charge in [0.05, 0.1) is 5.56 Å². The van der Waals surface area contributed by atoms with E-state index in [4.69, 9.17) is 0 Å². The summed E-state index contributed by atoms with van der Waals surface area (Å²) in [7, 11) is 1.63. The van der Waals surface area contributed by atoms with Crippen LogP contribution in [-0.4, -0.2) is 39.4 Å². The number of imidazole rings is 1. The monoisotopic (exact) mass is 394 g/mol. The van der Waals surface area contributed by atoms with Crippen LogP contribution in [0.1, 0.15) is 12.5 Å². The van der Waals surface area contributed by atoms with Crippen LogP contribution in [0, 0.1) is 0 Å². The molecule has 0 saturated heterocycles. The highest BCUT2D eigenvalue weighted by molar-refractivity contribution is 7.91. The quantitative estimate of drug-likeness (QED) is 0.499. The van der Waals surface area contributed by atoms with Crippen LogP contribution >= 0.6 is 0 Å². The van der Waals surface area contributed by atoms with Crippen LogP contribution in [0.4, 0.5) is 13.2 Å². The predicted molar refractivity (Wildman–Crippen MR) is 92.4 cm³/mol. The Labute approximate surface area is 154 Å². The first kappa shape index (κ1) is 17.7. The molecule has 0 N–H and O–H groups in total. The number of aromatic nitrogens is 6. The van der Waals surface area contributed by atoms with Crippen molar-refractivity contribution in [1.82, 2.24) is 29.1 Å². The predicted octanol–water partition coefficient (Wildman–Crippen LogP) is 2.82. The Balaban J connectivity index is 1.98. The van der Waals surface area contributed by atoms with Crippen molar-refractivity contribution < 1.29 is 17.7 Å². The number of hydrogen-bond donors (Lipinski definition) is 0. The van der Waals surface area contributed by atoms with Gasteiger partial charge in [0.1, 0.15) is 11.3 Å². The van der Waals surface area contributed by atoms with E-state index in [-0.39, 0.29) is 17.0 Å². The molecular weight excluding hydrogens is 381 g/mol. The Kier molecular flexibility index (Phi) is 4.07. The lowest BCUT2D eigenvalue weighted by atomic mass is 10.2. The van der Waals surface area contributed by atoms with Crippen LogP contribution in [0.3, 0.4) is 0 Å². The van der Waals surface area contributed by atoms with Gasteiger partial charge in [-0.15, -0.1) is 0 Å². The molecule has 0 aliphatic heterocycles. The first-order valence-corrected chi connectivity index (χ1v) is 9.25. The summed E-state index contributed by atoms with van der Waals surface area (Å²) in [6, 6.07) is 2.62. The summed E-state index contributed by atoms with van der Waals surface area (Å²) in [6.07, 6.45) is -0.529. The van der Waals surface area contributed by atoms with Gasteiger partial charge in [-0.1, -0.05) is 0 Å². The maximum atomic E-state index is 13.0. The van der Waals surface area contributed by atoms with E-state index in [1.807, 2.05) is 0 Å². The lowest BCUT2D eigenvalue weighted by molar-refractivity contribution is -0.137. The van der Waals surface area contributed by atoms with Gasteiger partial charge in [-0.05, 0) is 30.2 Å². The lowest BCUT2D eigenvalue weighted by Gasteiger charge is -2.07. The molecule has 0 aliphatic carbocycles. The number of fused-ring (bicyclic) bond motifs is 2.